The maximum Gasteiger partial charge on any atom is 0.223 e. The summed E-state index contributed by atoms with van der Waals surface area (Å²) in [7, 11) is 0. The minimum atomic E-state index is 0. The van der Waals surface area contributed by atoms with E-state index >= 15 is 0 Å². The van der Waals surface area contributed by atoms with Crippen LogP contribution in [0.25, 0.3) is 0 Å². The molecule has 0 unspecified atom stereocenters. The zero-order valence-electron chi connectivity index (χ0n) is 13.0. The summed E-state index contributed by atoms with van der Waals surface area (Å²) in [4.78, 5) is 14.9. The summed E-state index contributed by atoms with van der Waals surface area (Å²) in [6, 6.07) is 0. The van der Waals surface area contributed by atoms with E-state index in [2.05, 4.69) is 10.2 Å². The Kier molecular flexibility index (Phi) is 4.52. The van der Waals surface area contributed by atoms with Gasteiger partial charge in [0.1, 0.15) is 0 Å². The fourth-order valence-electron chi connectivity index (χ4n) is 6.03. The number of halogens is 1. The first kappa shape index (κ1) is 15.6. The van der Waals surface area contributed by atoms with Crippen LogP contribution in [0.4, 0.5) is 0 Å². The Morgan fingerprint density at radius 1 is 1.00 bits per heavy atom. The quantitative estimate of drug-likeness (QED) is 0.850. The third-order valence-electron chi connectivity index (χ3n) is 6.38. The van der Waals surface area contributed by atoms with Gasteiger partial charge >= 0.3 is 0 Å². The van der Waals surface area contributed by atoms with E-state index in [9.17, 15) is 4.79 Å². The number of nitrogens with zero attached hydrogens (tertiary/aromatic N) is 1. The third kappa shape index (κ3) is 3.10. The Labute approximate surface area is 134 Å². The Morgan fingerprint density at radius 3 is 2.24 bits per heavy atom. The van der Waals surface area contributed by atoms with Gasteiger partial charge in [0.15, 0.2) is 0 Å². The summed E-state index contributed by atoms with van der Waals surface area (Å²) in [6.45, 7) is 3.94. The van der Waals surface area contributed by atoms with Gasteiger partial charge in [0.25, 0.3) is 0 Å². The van der Waals surface area contributed by atoms with Crippen molar-refractivity contribution in [1.82, 2.24) is 10.2 Å². The molecule has 0 aromatic heterocycles. The lowest BCUT2D eigenvalue weighted by atomic mass is 9.49. The van der Waals surface area contributed by atoms with Gasteiger partial charge in [-0.3, -0.25) is 4.79 Å². The zero-order valence-corrected chi connectivity index (χ0v) is 13.8. The third-order valence-corrected chi connectivity index (χ3v) is 6.38. The minimum Gasteiger partial charge on any atom is -0.341 e. The van der Waals surface area contributed by atoms with Crippen molar-refractivity contribution < 1.29 is 4.79 Å². The number of carbonyl (C=O) groups excluding carboxylic acids is 1. The molecule has 1 amide bonds. The highest BCUT2D eigenvalue weighted by molar-refractivity contribution is 5.85. The van der Waals surface area contributed by atoms with Crippen LogP contribution in [0.3, 0.4) is 0 Å². The molecule has 1 saturated heterocycles. The van der Waals surface area contributed by atoms with E-state index < -0.39 is 0 Å². The second kappa shape index (κ2) is 6.08. The highest BCUT2D eigenvalue weighted by atomic mass is 35.5. The molecule has 5 fully saturated rings. The molecule has 1 N–H and O–H groups in total. The molecule has 0 aromatic rings. The Balaban J connectivity index is 0.00000132. The molecule has 120 valence electrons. The molecule has 0 spiro atoms. The second-order valence-electron chi connectivity index (χ2n) is 8.08. The van der Waals surface area contributed by atoms with E-state index in [0.29, 0.717) is 11.3 Å². The molecule has 0 aromatic carbocycles. The Bertz CT molecular complexity index is 355. The van der Waals surface area contributed by atoms with Crippen LogP contribution in [0.5, 0.6) is 0 Å². The van der Waals surface area contributed by atoms with Gasteiger partial charge in [-0.15, -0.1) is 12.4 Å². The monoisotopic (exact) mass is 312 g/mol. The van der Waals surface area contributed by atoms with Crippen molar-refractivity contribution in [2.75, 3.05) is 26.2 Å². The highest BCUT2D eigenvalue weighted by Gasteiger charge is 2.51. The standard InChI is InChI=1S/C17H28N2O.ClH/c20-16(19-4-1-2-18-3-5-19)12-17-9-13-6-14(10-17)8-15(7-13)11-17;/h13-15,18H,1-12H2;1H. The van der Waals surface area contributed by atoms with Gasteiger partial charge in [-0.25, -0.2) is 0 Å². The van der Waals surface area contributed by atoms with Gasteiger partial charge < -0.3 is 10.2 Å². The van der Waals surface area contributed by atoms with Crippen LogP contribution < -0.4 is 5.32 Å². The molecule has 0 atom stereocenters. The topological polar surface area (TPSA) is 32.3 Å². The molecule has 5 aliphatic rings. The number of rotatable bonds is 2. The van der Waals surface area contributed by atoms with Crippen LogP contribution in [-0.2, 0) is 4.79 Å². The van der Waals surface area contributed by atoms with Gasteiger partial charge in [-0.1, -0.05) is 0 Å². The summed E-state index contributed by atoms with van der Waals surface area (Å²) >= 11 is 0. The lowest BCUT2D eigenvalue weighted by Crippen LogP contribution is -2.48. The van der Waals surface area contributed by atoms with Crippen molar-refractivity contribution in [2.24, 2.45) is 23.2 Å². The molecule has 4 aliphatic carbocycles. The summed E-state index contributed by atoms with van der Waals surface area (Å²) in [5.74, 6) is 3.33. The maximum atomic E-state index is 12.7. The van der Waals surface area contributed by atoms with Gasteiger partial charge in [-0.05, 0) is 74.7 Å². The van der Waals surface area contributed by atoms with Gasteiger partial charge in [0.2, 0.25) is 5.91 Å². The molecule has 1 aliphatic heterocycles. The summed E-state index contributed by atoms with van der Waals surface area (Å²) in [5, 5.41) is 3.40. The van der Waals surface area contributed by atoms with Crippen molar-refractivity contribution in [3.63, 3.8) is 0 Å². The van der Waals surface area contributed by atoms with E-state index in [1.54, 1.807) is 0 Å². The smallest absolute Gasteiger partial charge is 0.223 e. The molecule has 4 heteroatoms. The highest BCUT2D eigenvalue weighted by Crippen LogP contribution is 2.61. The molecule has 5 rings (SSSR count). The molecule has 1 heterocycles. The molecule has 21 heavy (non-hydrogen) atoms. The van der Waals surface area contributed by atoms with E-state index in [0.717, 1.165) is 56.8 Å². The predicted octanol–water partition coefficient (Wildman–Crippen LogP) is 2.84. The van der Waals surface area contributed by atoms with Crippen molar-refractivity contribution in [3.8, 4) is 0 Å². The van der Waals surface area contributed by atoms with Crippen LogP contribution in [-0.4, -0.2) is 37.0 Å². The van der Waals surface area contributed by atoms with E-state index in [4.69, 9.17) is 0 Å². The van der Waals surface area contributed by atoms with Crippen molar-refractivity contribution in [3.05, 3.63) is 0 Å². The van der Waals surface area contributed by atoms with Gasteiger partial charge in [-0.2, -0.15) is 0 Å². The number of amides is 1. The van der Waals surface area contributed by atoms with Gasteiger partial charge in [0, 0.05) is 26.1 Å². The molecule has 0 radical (unpaired) electrons. The fraction of sp³-hybridized carbons (Fsp3) is 0.941. The molecular formula is C17H29ClN2O. The normalized spacial score (nSPS) is 41.5. The van der Waals surface area contributed by atoms with Crippen molar-refractivity contribution in [2.45, 2.75) is 51.4 Å². The summed E-state index contributed by atoms with van der Waals surface area (Å²) in [5.41, 5.74) is 0.408. The SMILES string of the molecule is Cl.O=C(CC12CC3CC(CC(C3)C1)C2)N1CCCNCC1. The lowest BCUT2D eigenvalue weighted by molar-refractivity contribution is -0.139. The average molecular weight is 313 g/mol. The number of nitrogens with one attached hydrogen (secondary N) is 1. The molecule has 4 bridgehead atoms. The number of hydrogen-bond donors (Lipinski definition) is 1. The first-order chi connectivity index (χ1) is 9.72. The van der Waals surface area contributed by atoms with Crippen LogP contribution in [0.2, 0.25) is 0 Å². The lowest BCUT2D eigenvalue weighted by Gasteiger charge is -2.57. The molecular weight excluding hydrogens is 284 g/mol. The first-order valence-corrected chi connectivity index (χ1v) is 8.71. The van der Waals surface area contributed by atoms with E-state index in [1.807, 2.05) is 0 Å². The fourth-order valence-corrected chi connectivity index (χ4v) is 6.03. The van der Waals surface area contributed by atoms with Crippen molar-refractivity contribution >= 4 is 18.3 Å². The second-order valence-corrected chi connectivity index (χ2v) is 8.08. The van der Waals surface area contributed by atoms with Crippen LogP contribution in [0, 0.1) is 23.2 Å². The Hall–Kier alpha value is -0.280. The Morgan fingerprint density at radius 2 is 1.62 bits per heavy atom. The summed E-state index contributed by atoms with van der Waals surface area (Å²) in [6.07, 6.45) is 10.5. The predicted molar refractivity (Wildman–Crippen MR) is 86.5 cm³/mol. The van der Waals surface area contributed by atoms with Crippen LogP contribution >= 0.6 is 12.4 Å². The molecule has 3 nitrogen and oxygen atoms in total. The summed E-state index contributed by atoms with van der Waals surface area (Å²) < 4.78 is 0. The number of hydrogen-bond acceptors (Lipinski definition) is 2. The van der Waals surface area contributed by atoms with E-state index in [1.165, 1.54) is 38.5 Å². The maximum absolute atomic E-state index is 12.7. The number of carbonyl (C=O) groups is 1. The zero-order chi connectivity index (χ0) is 13.6. The van der Waals surface area contributed by atoms with Crippen LogP contribution in [0.1, 0.15) is 51.4 Å². The largest absolute Gasteiger partial charge is 0.341 e. The molecule has 4 saturated carbocycles. The van der Waals surface area contributed by atoms with Crippen LogP contribution in [0.15, 0.2) is 0 Å². The first-order valence-electron chi connectivity index (χ1n) is 8.71. The minimum absolute atomic E-state index is 0. The average Bonchev–Trinajstić information content (AvgIpc) is 2.65. The van der Waals surface area contributed by atoms with Gasteiger partial charge in [0.05, 0.1) is 0 Å². The van der Waals surface area contributed by atoms with Crippen molar-refractivity contribution in [1.29, 1.82) is 0 Å². The van der Waals surface area contributed by atoms with E-state index in [-0.39, 0.29) is 12.4 Å².